The summed E-state index contributed by atoms with van der Waals surface area (Å²) in [5.74, 6) is -0.347. The van der Waals surface area contributed by atoms with Crippen molar-refractivity contribution < 1.29 is 4.39 Å². The third kappa shape index (κ3) is 2.71. The molecule has 2 aromatic heterocycles. The number of nitrogens with one attached hydrogen (secondary N) is 1. The van der Waals surface area contributed by atoms with E-state index in [1.54, 1.807) is 0 Å². The van der Waals surface area contributed by atoms with Crippen molar-refractivity contribution in [3.05, 3.63) is 46.6 Å². The molecule has 0 saturated heterocycles. The van der Waals surface area contributed by atoms with Gasteiger partial charge in [0, 0.05) is 11.9 Å². The maximum atomic E-state index is 13.5. The maximum absolute atomic E-state index is 13.5. The molecule has 0 spiro atoms. The summed E-state index contributed by atoms with van der Waals surface area (Å²) in [6.45, 7) is 3.75. The normalized spacial score (nSPS) is 10.4. The second-order valence-electron chi connectivity index (χ2n) is 3.69. The lowest BCUT2D eigenvalue weighted by atomic mass is 10.2. The number of hydrogen-bond acceptors (Lipinski definition) is 3. The third-order valence-corrected chi connectivity index (χ3v) is 2.49. The molecule has 0 aliphatic carbocycles. The van der Waals surface area contributed by atoms with Crippen LogP contribution >= 0.6 is 11.6 Å². The zero-order chi connectivity index (χ0) is 12.4. The Hall–Kier alpha value is -1.68. The fourth-order valence-corrected chi connectivity index (χ4v) is 1.60. The molecule has 5 heteroatoms. The van der Waals surface area contributed by atoms with Gasteiger partial charge in [0.1, 0.15) is 0 Å². The van der Waals surface area contributed by atoms with Crippen LogP contribution in [-0.2, 0) is 0 Å². The lowest BCUT2D eigenvalue weighted by Gasteiger charge is -2.09. The van der Waals surface area contributed by atoms with Crippen molar-refractivity contribution in [2.24, 2.45) is 0 Å². The molecule has 2 heterocycles. The highest BCUT2D eigenvalue weighted by Gasteiger charge is 2.07. The van der Waals surface area contributed by atoms with Crippen molar-refractivity contribution in [2.75, 3.05) is 5.32 Å². The van der Waals surface area contributed by atoms with E-state index in [1.807, 2.05) is 26.0 Å². The molecule has 2 aromatic rings. The molecule has 0 amide bonds. The Balaban J connectivity index is 2.31. The Kier molecular flexibility index (Phi) is 3.24. The van der Waals surface area contributed by atoms with Gasteiger partial charge in [-0.3, -0.25) is 4.98 Å². The molecule has 2 rings (SSSR count). The van der Waals surface area contributed by atoms with Gasteiger partial charge in [-0.2, -0.15) is 0 Å². The first-order chi connectivity index (χ1) is 8.06. The molecular weight excluding hydrogens is 241 g/mol. The Bertz CT molecular complexity index is 508. The Morgan fingerprint density at radius 1 is 1.29 bits per heavy atom. The molecule has 1 N–H and O–H groups in total. The van der Waals surface area contributed by atoms with Gasteiger partial charge in [0.2, 0.25) is 0 Å². The van der Waals surface area contributed by atoms with Crippen molar-refractivity contribution in [1.29, 1.82) is 0 Å². The van der Waals surface area contributed by atoms with Crippen molar-refractivity contribution in [1.82, 2.24) is 9.97 Å². The summed E-state index contributed by atoms with van der Waals surface area (Å²) in [6.07, 6.45) is 1.39. The maximum Gasteiger partial charge on any atom is 0.167 e. The quantitative estimate of drug-likeness (QED) is 0.886. The standard InChI is InChI=1S/C12H11ClFN3/c1-7-3-4-11(8(2)16-7)17-12-10(14)5-9(13)6-15-12/h3-6H,1-2H3,(H,15,17). The molecule has 0 fully saturated rings. The minimum atomic E-state index is -0.488. The topological polar surface area (TPSA) is 37.8 Å². The summed E-state index contributed by atoms with van der Waals surface area (Å²) in [6, 6.07) is 4.91. The lowest BCUT2D eigenvalue weighted by molar-refractivity contribution is 0.626. The zero-order valence-corrected chi connectivity index (χ0v) is 10.2. The Morgan fingerprint density at radius 3 is 2.71 bits per heavy atom. The Labute approximate surface area is 104 Å². The molecule has 0 aliphatic rings. The van der Waals surface area contributed by atoms with Crippen LogP contribution in [0.2, 0.25) is 5.02 Å². The number of nitrogens with zero attached hydrogens (tertiary/aromatic N) is 2. The average molecular weight is 252 g/mol. The van der Waals surface area contributed by atoms with Crippen LogP contribution in [-0.4, -0.2) is 9.97 Å². The van der Waals surface area contributed by atoms with Crippen LogP contribution in [0.25, 0.3) is 0 Å². The van der Waals surface area contributed by atoms with Crippen LogP contribution in [0, 0.1) is 19.7 Å². The molecule has 17 heavy (non-hydrogen) atoms. The smallest absolute Gasteiger partial charge is 0.167 e. The summed E-state index contributed by atoms with van der Waals surface area (Å²) in [7, 11) is 0. The molecule has 88 valence electrons. The molecule has 0 saturated carbocycles. The predicted octanol–water partition coefficient (Wildman–Crippen LogP) is 3.63. The van der Waals surface area contributed by atoms with Crippen molar-refractivity contribution >= 4 is 23.1 Å². The summed E-state index contributed by atoms with van der Waals surface area (Å²) in [4.78, 5) is 8.17. The summed E-state index contributed by atoms with van der Waals surface area (Å²) in [5, 5.41) is 3.16. The van der Waals surface area contributed by atoms with Gasteiger partial charge in [-0.1, -0.05) is 11.6 Å². The van der Waals surface area contributed by atoms with Crippen molar-refractivity contribution in [2.45, 2.75) is 13.8 Å². The van der Waals surface area contributed by atoms with E-state index in [2.05, 4.69) is 15.3 Å². The van der Waals surface area contributed by atoms with E-state index in [1.165, 1.54) is 12.3 Å². The van der Waals surface area contributed by atoms with Crippen LogP contribution in [0.4, 0.5) is 15.9 Å². The molecule has 0 aromatic carbocycles. The first-order valence-corrected chi connectivity index (χ1v) is 5.46. The first-order valence-electron chi connectivity index (χ1n) is 5.08. The minimum Gasteiger partial charge on any atom is -0.336 e. The second kappa shape index (κ2) is 4.67. The van der Waals surface area contributed by atoms with Gasteiger partial charge in [-0.15, -0.1) is 0 Å². The molecule has 0 unspecified atom stereocenters. The van der Waals surface area contributed by atoms with Gasteiger partial charge in [0.15, 0.2) is 11.6 Å². The number of rotatable bonds is 2. The van der Waals surface area contributed by atoms with Crippen LogP contribution in [0.5, 0.6) is 0 Å². The molecule has 0 atom stereocenters. The van der Waals surface area contributed by atoms with E-state index in [9.17, 15) is 4.39 Å². The van der Waals surface area contributed by atoms with E-state index in [-0.39, 0.29) is 10.8 Å². The van der Waals surface area contributed by atoms with Crippen molar-refractivity contribution in [3.8, 4) is 0 Å². The molecular formula is C12H11ClFN3. The monoisotopic (exact) mass is 251 g/mol. The fraction of sp³-hybridized carbons (Fsp3) is 0.167. The molecule has 0 aliphatic heterocycles. The van der Waals surface area contributed by atoms with E-state index >= 15 is 0 Å². The number of pyridine rings is 2. The molecule has 0 radical (unpaired) electrons. The first kappa shape index (κ1) is 11.8. The number of anilines is 2. The highest BCUT2D eigenvalue weighted by atomic mass is 35.5. The van der Waals surface area contributed by atoms with Gasteiger partial charge in [-0.25, -0.2) is 9.37 Å². The third-order valence-electron chi connectivity index (χ3n) is 2.29. The van der Waals surface area contributed by atoms with E-state index in [0.29, 0.717) is 0 Å². The molecule has 0 bridgehead atoms. The predicted molar refractivity (Wildman–Crippen MR) is 66.2 cm³/mol. The van der Waals surface area contributed by atoms with Gasteiger partial charge in [0.05, 0.1) is 16.4 Å². The van der Waals surface area contributed by atoms with E-state index < -0.39 is 5.82 Å². The van der Waals surface area contributed by atoms with Crippen LogP contribution in [0.3, 0.4) is 0 Å². The van der Waals surface area contributed by atoms with E-state index in [0.717, 1.165) is 17.1 Å². The number of halogens is 2. The number of hydrogen-bond donors (Lipinski definition) is 1. The van der Waals surface area contributed by atoms with Gasteiger partial charge >= 0.3 is 0 Å². The molecule has 3 nitrogen and oxygen atoms in total. The summed E-state index contributed by atoms with van der Waals surface area (Å²) >= 11 is 5.63. The summed E-state index contributed by atoms with van der Waals surface area (Å²) in [5.41, 5.74) is 2.43. The minimum absolute atomic E-state index is 0.142. The van der Waals surface area contributed by atoms with Crippen LogP contribution in [0.15, 0.2) is 24.4 Å². The van der Waals surface area contributed by atoms with E-state index in [4.69, 9.17) is 11.6 Å². The Morgan fingerprint density at radius 2 is 2.06 bits per heavy atom. The lowest BCUT2D eigenvalue weighted by Crippen LogP contribution is -2.00. The zero-order valence-electron chi connectivity index (χ0n) is 9.46. The van der Waals surface area contributed by atoms with Gasteiger partial charge in [-0.05, 0) is 32.0 Å². The van der Waals surface area contributed by atoms with Crippen LogP contribution < -0.4 is 5.32 Å². The highest BCUT2D eigenvalue weighted by Crippen LogP contribution is 2.21. The van der Waals surface area contributed by atoms with Gasteiger partial charge < -0.3 is 5.32 Å². The average Bonchev–Trinajstić information content (AvgIpc) is 2.25. The second-order valence-corrected chi connectivity index (χ2v) is 4.13. The summed E-state index contributed by atoms with van der Waals surface area (Å²) < 4.78 is 13.5. The fourth-order valence-electron chi connectivity index (χ4n) is 1.45. The number of aryl methyl sites for hydroxylation is 2. The highest BCUT2D eigenvalue weighted by molar-refractivity contribution is 6.30. The largest absolute Gasteiger partial charge is 0.336 e. The SMILES string of the molecule is Cc1ccc(Nc2ncc(Cl)cc2F)c(C)n1. The van der Waals surface area contributed by atoms with Crippen LogP contribution in [0.1, 0.15) is 11.4 Å². The van der Waals surface area contributed by atoms with Crippen molar-refractivity contribution in [3.63, 3.8) is 0 Å². The number of aromatic nitrogens is 2. The van der Waals surface area contributed by atoms with Gasteiger partial charge in [0.25, 0.3) is 0 Å².